The van der Waals surface area contributed by atoms with E-state index in [1.54, 1.807) is 4.52 Å². The van der Waals surface area contributed by atoms with Crippen molar-refractivity contribution in [3.8, 4) is 11.3 Å². The van der Waals surface area contributed by atoms with Crippen molar-refractivity contribution in [2.45, 2.75) is 87.6 Å². The molecule has 7 fully saturated rings. The van der Waals surface area contributed by atoms with E-state index in [0.717, 1.165) is 79.8 Å². The first-order valence-corrected chi connectivity index (χ1v) is 15.6. The Bertz CT molecular complexity index is 1720. The minimum absolute atomic E-state index is 0.0106. The molecule has 11 rings (SSSR count). The Kier molecular flexibility index (Phi) is 5.04. The highest BCUT2D eigenvalue weighted by molar-refractivity contribution is 6.28. The van der Waals surface area contributed by atoms with Crippen LogP contribution in [0, 0.1) is 10.8 Å². The average Bonchev–Trinajstić information content (AvgIpc) is 3.50. The van der Waals surface area contributed by atoms with Crippen LogP contribution in [0.1, 0.15) is 88.3 Å². The van der Waals surface area contributed by atoms with Crippen LogP contribution in [-0.2, 0) is 10.2 Å². The number of fused-ring (bicyclic) bond motifs is 4. The van der Waals surface area contributed by atoms with Crippen LogP contribution in [0.5, 0.6) is 0 Å². The normalized spacial score (nSPS) is 32.9. The lowest BCUT2D eigenvalue weighted by Crippen LogP contribution is -2.71. The van der Waals surface area contributed by atoms with E-state index in [1.807, 2.05) is 47.5 Å². The van der Waals surface area contributed by atoms with E-state index in [-0.39, 0.29) is 22.0 Å². The van der Waals surface area contributed by atoms with E-state index in [2.05, 4.69) is 15.2 Å². The third-order valence-corrected chi connectivity index (χ3v) is 11.4. The molecule has 0 N–H and O–H groups in total. The highest BCUT2D eigenvalue weighted by Crippen LogP contribution is 2.70. The third-order valence-electron chi connectivity index (χ3n) is 11.2. The second-order valence-electron chi connectivity index (χ2n) is 14.0. The van der Waals surface area contributed by atoms with Gasteiger partial charge >= 0.3 is 0 Å². The first-order chi connectivity index (χ1) is 20.3. The second-order valence-corrected chi connectivity index (χ2v) is 14.3. The van der Waals surface area contributed by atoms with Gasteiger partial charge in [-0.05, 0) is 112 Å². The Morgan fingerprint density at radius 3 is 2.52 bits per heavy atom. The molecule has 3 aromatic heterocycles. The van der Waals surface area contributed by atoms with Crippen LogP contribution < -0.4 is 4.90 Å². The summed E-state index contributed by atoms with van der Waals surface area (Å²) in [5.41, 5.74) is 1.51. The second kappa shape index (κ2) is 8.40. The predicted molar refractivity (Wildman–Crippen MR) is 154 cm³/mol. The summed E-state index contributed by atoms with van der Waals surface area (Å²) in [6.07, 6.45) is 11.2. The van der Waals surface area contributed by atoms with Gasteiger partial charge in [0.25, 0.3) is 0 Å². The van der Waals surface area contributed by atoms with Gasteiger partial charge in [-0.25, -0.2) is 13.9 Å². The van der Waals surface area contributed by atoms with Gasteiger partial charge in [0.2, 0.25) is 17.1 Å². The average molecular weight is 587 g/mol. The Hall–Kier alpha value is -3.33. The largest absolute Gasteiger partial charge is 0.339 e. The molecule has 7 aliphatic carbocycles. The zero-order valence-electron chi connectivity index (χ0n) is 23.4. The van der Waals surface area contributed by atoms with Crippen LogP contribution >= 0.6 is 11.6 Å². The van der Waals surface area contributed by atoms with Crippen LogP contribution in [0.15, 0.2) is 47.1 Å². The molecule has 8 nitrogen and oxygen atoms in total. The summed E-state index contributed by atoms with van der Waals surface area (Å²) in [5.74, 6) is 2.24. The molecule has 0 radical (unpaired) electrons. The maximum absolute atomic E-state index is 14.6. The number of benzene rings is 1. The Balaban J connectivity index is 1.04. The molecule has 1 aromatic carbocycles. The molecular weight excluding hydrogens is 555 g/mol. The Morgan fingerprint density at radius 2 is 1.81 bits per heavy atom. The van der Waals surface area contributed by atoms with Crippen molar-refractivity contribution in [3.63, 3.8) is 0 Å². The minimum Gasteiger partial charge on any atom is -0.339 e. The number of carbonyl (C=O) groups is 1. The predicted octanol–water partition coefficient (Wildman–Crippen LogP) is 6.83. The number of amides is 1. The topological polar surface area (TPSA) is 89.4 Å². The molecule has 10 heteroatoms. The lowest BCUT2D eigenvalue weighted by Gasteiger charge is -2.65. The molecule has 0 aliphatic heterocycles. The maximum atomic E-state index is 14.6. The number of alkyl halides is 1. The van der Waals surface area contributed by atoms with Gasteiger partial charge in [-0.2, -0.15) is 4.98 Å². The quantitative estimate of drug-likeness (QED) is 0.236. The molecule has 216 valence electrons. The Morgan fingerprint density at radius 1 is 1.05 bits per heavy atom. The van der Waals surface area contributed by atoms with Crippen molar-refractivity contribution in [1.82, 2.24) is 24.7 Å². The first kappa shape index (κ1) is 25.2. The summed E-state index contributed by atoms with van der Waals surface area (Å²) in [7, 11) is 0. The van der Waals surface area contributed by atoms with E-state index in [1.165, 1.54) is 0 Å². The van der Waals surface area contributed by atoms with Gasteiger partial charge in [-0.3, -0.25) is 4.79 Å². The van der Waals surface area contributed by atoms with Crippen molar-refractivity contribution in [3.05, 3.63) is 59.6 Å². The van der Waals surface area contributed by atoms with Gasteiger partial charge in [0, 0.05) is 35.3 Å². The fourth-order valence-corrected chi connectivity index (χ4v) is 8.68. The molecule has 0 saturated heterocycles. The zero-order valence-corrected chi connectivity index (χ0v) is 24.1. The monoisotopic (exact) mass is 586 g/mol. The SMILES string of the molecule is O=C(N(CC12CCC(c3nc(C4CC4)no3)(CC1)CC2)c1cccc(-c2nc(Cl)nn3cccc23)c1)C12CC(F)(C1)C2. The van der Waals surface area contributed by atoms with E-state index >= 15 is 0 Å². The number of anilines is 1. The van der Waals surface area contributed by atoms with E-state index in [4.69, 9.17) is 21.1 Å². The Labute approximate surface area is 247 Å². The maximum Gasteiger partial charge on any atom is 0.241 e. The number of carbonyl (C=O) groups excluding carboxylic acids is 1. The lowest BCUT2D eigenvalue weighted by molar-refractivity contribution is -0.211. The number of hydrogen-bond acceptors (Lipinski definition) is 6. The summed E-state index contributed by atoms with van der Waals surface area (Å²) in [4.78, 5) is 25.7. The van der Waals surface area contributed by atoms with Crippen LogP contribution in [0.4, 0.5) is 10.1 Å². The van der Waals surface area contributed by atoms with Gasteiger partial charge in [0.1, 0.15) is 5.67 Å². The molecule has 0 unspecified atom stereocenters. The molecule has 7 saturated carbocycles. The molecule has 4 bridgehead atoms. The van der Waals surface area contributed by atoms with Gasteiger partial charge in [0.15, 0.2) is 5.82 Å². The first-order valence-electron chi connectivity index (χ1n) is 15.2. The number of hydrogen-bond donors (Lipinski definition) is 0. The highest BCUT2D eigenvalue weighted by Gasteiger charge is 2.73. The molecular formula is C32H32ClFN6O2. The molecule has 0 spiro atoms. The summed E-state index contributed by atoms with van der Waals surface area (Å²) >= 11 is 6.28. The summed E-state index contributed by atoms with van der Waals surface area (Å²) in [6, 6.07) is 11.9. The van der Waals surface area contributed by atoms with Gasteiger partial charge in [-0.15, -0.1) is 5.10 Å². The van der Waals surface area contributed by atoms with Crippen LogP contribution in [-0.4, -0.2) is 42.9 Å². The molecule has 7 aliphatic rings. The number of rotatable bonds is 7. The van der Waals surface area contributed by atoms with E-state index in [9.17, 15) is 9.18 Å². The summed E-state index contributed by atoms with van der Waals surface area (Å²) in [5, 5.41) is 8.74. The third kappa shape index (κ3) is 3.68. The molecule has 42 heavy (non-hydrogen) atoms. The molecule has 3 heterocycles. The van der Waals surface area contributed by atoms with Crippen molar-refractivity contribution in [1.29, 1.82) is 0 Å². The zero-order chi connectivity index (χ0) is 28.3. The van der Waals surface area contributed by atoms with Crippen molar-refractivity contribution in [2.24, 2.45) is 10.8 Å². The van der Waals surface area contributed by atoms with Crippen LogP contribution in [0.2, 0.25) is 5.28 Å². The van der Waals surface area contributed by atoms with Crippen LogP contribution in [0.25, 0.3) is 16.8 Å². The van der Waals surface area contributed by atoms with Crippen LogP contribution in [0.3, 0.4) is 0 Å². The number of nitrogens with zero attached hydrogens (tertiary/aromatic N) is 6. The number of halogens is 2. The number of aromatic nitrogens is 5. The molecule has 0 atom stereocenters. The standard InChI is InChI=1S/C32H32ClFN6O2/c33-28-35-24(23-5-2-14-40(23)37-28)21-3-1-4-22(15-21)39(27(41)31-16-32(34,17-31)18-31)19-29-8-11-30(12-9-29,13-10-29)26-36-25(38-42-26)20-6-7-20/h1-5,14-15,20H,6-13,16-19H2. The fourth-order valence-electron chi connectivity index (χ4n) is 8.51. The highest BCUT2D eigenvalue weighted by atomic mass is 35.5. The van der Waals surface area contributed by atoms with Gasteiger partial charge in [0.05, 0.1) is 16.6 Å². The smallest absolute Gasteiger partial charge is 0.241 e. The lowest BCUT2D eigenvalue weighted by atomic mass is 9.41. The van der Waals surface area contributed by atoms with Gasteiger partial charge in [-0.1, -0.05) is 17.3 Å². The fraction of sp³-hybridized carbons (Fsp3) is 0.531. The summed E-state index contributed by atoms with van der Waals surface area (Å²) in [6.45, 7) is 0.634. The van der Waals surface area contributed by atoms with Crippen molar-refractivity contribution >= 4 is 28.7 Å². The van der Waals surface area contributed by atoms with Crippen molar-refractivity contribution < 1.29 is 13.7 Å². The van der Waals surface area contributed by atoms with E-state index < -0.39 is 11.1 Å². The van der Waals surface area contributed by atoms with E-state index in [0.29, 0.717) is 37.4 Å². The molecule has 1 amide bonds. The minimum atomic E-state index is -1.14. The van der Waals surface area contributed by atoms with Crippen molar-refractivity contribution in [2.75, 3.05) is 11.4 Å². The van der Waals surface area contributed by atoms with Gasteiger partial charge < -0.3 is 9.42 Å². The molecule has 4 aromatic rings. The summed E-state index contributed by atoms with van der Waals surface area (Å²) < 4.78 is 22.2.